The number of carbonyl (C=O) groups is 1. The molecule has 0 unspecified atom stereocenters. The van der Waals surface area contributed by atoms with Crippen LogP contribution in [-0.2, 0) is 0 Å². The monoisotopic (exact) mass is 235 g/mol. The zero-order valence-electron chi connectivity index (χ0n) is 10.2. The van der Waals surface area contributed by atoms with Crippen LogP contribution >= 0.6 is 0 Å². The maximum absolute atomic E-state index is 12.0. The molecule has 0 radical (unpaired) electrons. The molecule has 2 aliphatic rings. The molecule has 1 aromatic heterocycles. The zero-order chi connectivity index (χ0) is 12.0. The van der Waals surface area contributed by atoms with Gasteiger partial charge in [-0.3, -0.25) is 4.79 Å². The first kappa shape index (κ1) is 10.8. The molecule has 0 spiro atoms. The number of rotatable bonds is 3. The molecule has 2 heterocycles. The highest BCUT2D eigenvalue weighted by Crippen LogP contribution is 2.40. The van der Waals surface area contributed by atoms with E-state index in [1.165, 1.54) is 0 Å². The number of nitrogens with zero attached hydrogens (tertiary/aromatic N) is 2. The van der Waals surface area contributed by atoms with Gasteiger partial charge in [-0.05, 0) is 26.8 Å². The van der Waals surface area contributed by atoms with Crippen LogP contribution in [0.3, 0.4) is 0 Å². The zero-order valence-corrected chi connectivity index (χ0v) is 10.2. The normalized spacial score (nSPS) is 23.2. The van der Waals surface area contributed by atoms with Crippen molar-refractivity contribution in [2.45, 2.75) is 31.2 Å². The van der Waals surface area contributed by atoms with Gasteiger partial charge in [-0.15, -0.1) is 0 Å². The molecule has 0 aromatic carbocycles. The van der Waals surface area contributed by atoms with Crippen LogP contribution < -0.4 is 5.32 Å². The van der Waals surface area contributed by atoms with Gasteiger partial charge in [0.05, 0.1) is 5.54 Å². The number of nitrogens with one attached hydrogen (secondary N) is 1. The second-order valence-corrected chi connectivity index (χ2v) is 5.58. The highest BCUT2D eigenvalue weighted by atomic mass is 16.5. The summed E-state index contributed by atoms with van der Waals surface area (Å²) in [6, 6.07) is 1.78. The molecule has 5 nitrogen and oxygen atoms in total. The molecule has 1 N–H and O–H groups in total. The van der Waals surface area contributed by atoms with Gasteiger partial charge in [-0.2, -0.15) is 0 Å². The molecule has 5 heteroatoms. The first-order chi connectivity index (χ1) is 8.06. The van der Waals surface area contributed by atoms with Gasteiger partial charge >= 0.3 is 0 Å². The Labute approximate surface area is 100 Å². The van der Waals surface area contributed by atoms with Gasteiger partial charge in [-0.25, -0.2) is 0 Å². The Morgan fingerprint density at radius 3 is 2.88 bits per heavy atom. The molecule has 1 aliphatic carbocycles. The quantitative estimate of drug-likeness (QED) is 0.848. The van der Waals surface area contributed by atoms with Gasteiger partial charge in [0.2, 0.25) is 0 Å². The minimum atomic E-state index is -0.128. The van der Waals surface area contributed by atoms with Crippen LogP contribution in [0.1, 0.15) is 41.9 Å². The van der Waals surface area contributed by atoms with Gasteiger partial charge in [0, 0.05) is 25.1 Å². The van der Waals surface area contributed by atoms with Crippen molar-refractivity contribution in [2.24, 2.45) is 0 Å². The number of likely N-dealkylation sites (tertiary alicyclic amines) is 1. The van der Waals surface area contributed by atoms with Crippen LogP contribution in [0.4, 0.5) is 0 Å². The van der Waals surface area contributed by atoms with E-state index in [9.17, 15) is 4.79 Å². The minimum absolute atomic E-state index is 0.121. The van der Waals surface area contributed by atoms with E-state index in [4.69, 9.17) is 4.52 Å². The van der Waals surface area contributed by atoms with E-state index in [0.717, 1.165) is 31.7 Å². The van der Waals surface area contributed by atoms with Gasteiger partial charge in [-0.1, -0.05) is 5.16 Å². The average molecular weight is 235 g/mol. The topological polar surface area (TPSA) is 58.4 Å². The van der Waals surface area contributed by atoms with Crippen LogP contribution in [0.15, 0.2) is 10.6 Å². The summed E-state index contributed by atoms with van der Waals surface area (Å²) < 4.78 is 5.18. The fraction of sp³-hybridized carbons (Fsp3) is 0.667. The molecular formula is C12H17N3O2. The Morgan fingerprint density at radius 1 is 1.59 bits per heavy atom. The SMILES string of the molecule is CN1CC(C)(NC(=O)c2cc(C3CC3)on2)C1. The first-order valence-electron chi connectivity index (χ1n) is 6.03. The van der Waals surface area contributed by atoms with E-state index in [1.807, 2.05) is 14.0 Å². The number of aromatic nitrogens is 1. The highest BCUT2D eigenvalue weighted by molar-refractivity contribution is 5.92. The second kappa shape index (κ2) is 3.57. The van der Waals surface area contributed by atoms with Crippen LogP contribution in [0.25, 0.3) is 0 Å². The van der Waals surface area contributed by atoms with E-state index in [-0.39, 0.29) is 11.4 Å². The third kappa shape index (κ3) is 2.07. The number of hydrogen-bond donors (Lipinski definition) is 1. The fourth-order valence-electron chi connectivity index (χ4n) is 2.52. The molecule has 1 aromatic rings. The van der Waals surface area contributed by atoms with E-state index in [1.54, 1.807) is 6.07 Å². The van der Waals surface area contributed by atoms with Gasteiger partial charge in [0.25, 0.3) is 5.91 Å². The first-order valence-corrected chi connectivity index (χ1v) is 6.03. The van der Waals surface area contributed by atoms with Gasteiger partial charge in [0.1, 0.15) is 5.76 Å². The lowest BCUT2D eigenvalue weighted by molar-refractivity contribution is 0.0608. The predicted molar refractivity (Wildman–Crippen MR) is 61.8 cm³/mol. The molecule has 92 valence electrons. The van der Waals surface area contributed by atoms with Crippen molar-refractivity contribution in [3.8, 4) is 0 Å². The molecule has 0 atom stereocenters. The van der Waals surface area contributed by atoms with Crippen molar-refractivity contribution in [1.82, 2.24) is 15.4 Å². The summed E-state index contributed by atoms with van der Waals surface area (Å²) in [4.78, 5) is 14.1. The number of likely N-dealkylation sites (N-methyl/N-ethyl adjacent to an activating group) is 1. The van der Waals surface area contributed by atoms with E-state index >= 15 is 0 Å². The maximum Gasteiger partial charge on any atom is 0.273 e. The Bertz CT molecular complexity index is 444. The molecule has 1 amide bonds. The minimum Gasteiger partial charge on any atom is -0.360 e. The number of amides is 1. The van der Waals surface area contributed by atoms with Crippen LogP contribution in [-0.4, -0.2) is 41.6 Å². The van der Waals surface area contributed by atoms with Crippen molar-refractivity contribution >= 4 is 5.91 Å². The lowest BCUT2D eigenvalue weighted by Gasteiger charge is -2.46. The van der Waals surface area contributed by atoms with Crippen molar-refractivity contribution in [1.29, 1.82) is 0 Å². The van der Waals surface area contributed by atoms with Crippen molar-refractivity contribution < 1.29 is 9.32 Å². The molecule has 1 saturated carbocycles. The fourth-order valence-corrected chi connectivity index (χ4v) is 2.52. The lowest BCUT2D eigenvalue weighted by atomic mass is 9.93. The standard InChI is InChI=1S/C12H17N3O2/c1-12(6-15(2)7-12)13-11(16)9-5-10(17-14-9)8-3-4-8/h5,8H,3-4,6-7H2,1-2H3,(H,13,16). The van der Waals surface area contributed by atoms with E-state index in [2.05, 4.69) is 15.4 Å². The summed E-state index contributed by atoms with van der Waals surface area (Å²) >= 11 is 0. The molecule has 2 fully saturated rings. The third-order valence-corrected chi connectivity index (χ3v) is 3.39. The summed E-state index contributed by atoms with van der Waals surface area (Å²) in [5.41, 5.74) is 0.285. The number of hydrogen-bond acceptors (Lipinski definition) is 4. The Morgan fingerprint density at radius 2 is 2.29 bits per heavy atom. The van der Waals surface area contributed by atoms with Crippen molar-refractivity contribution in [2.75, 3.05) is 20.1 Å². The second-order valence-electron chi connectivity index (χ2n) is 5.58. The summed E-state index contributed by atoms with van der Waals surface area (Å²) in [6.07, 6.45) is 2.30. The van der Waals surface area contributed by atoms with Gasteiger partial charge < -0.3 is 14.7 Å². The highest BCUT2D eigenvalue weighted by Gasteiger charge is 2.38. The van der Waals surface area contributed by atoms with E-state index < -0.39 is 0 Å². The summed E-state index contributed by atoms with van der Waals surface area (Å²) in [7, 11) is 2.04. The molecule has 0 bridgehead atoms. The Kier molecular flexibility index (Phi) is 2.26. The molecule has 3 rings (SSSR count). The van der Waals surface area contributed by atoms with Gasteiger partial charge in [0.15, 0.2) is 5.69 Å². The van der Waals surface area contributed by atoms with Crippen LogP contribution in [0.2, 0.25) is 0 Å². The predicted octanol–water partition coefficient (Wildman–Crippen LogP) is 0.986. The molecular weight excluding hydrogens is 218 g/mol. The Hall–Kier alpha value is -1.36. The lowest BCUT2D eigenvalue weighted by Crippen LogP contribution is -2.67. The molecule has 1 saturated heterocycles. The van der Waals surface area contributed by atoms with Crippen molar-refractivity contribution in [3.05, 3.63) is 17.5 Å². The summed E-state index contributed by atoms with van der Waals surface area (Å²) in [5.74, 6) is 1.22. The summed E-state index contributed by atoms with van der Waals surface area (Å²) in [6.45, 7) is 3.81. The van der Waals surface area contributed by atoms with E-state index in [0.29, 0.717) is 11.6 Å². The largest absolute Gasteiger partial charge is 0.360 e. The molecule has 1 aliphatic heterocycles. The summed E-state index contributed by atoms with van der Waals surface area (Å²) in [5, 5.41) is 6.85. The molecule has 17 heavy (non-hydrogen) atoms. The smallest absolute Gasteiger partial charge is 0.273 e. The maximum atomic E-state index is 12.0. The van der Waals surface area contributed by atoms with Crippen LogP contribution in [0.5, 0.6) is 0 Å². The third-order valence-electron chi connectivity index (χ3n) is 3.39. The average Bonchev–Trinajstić information content (AvgIpc) is 2.94. The van der Waals surface area contributed by atoms with Crippen molar-refractivity contribution in [3.63, 3.8) is 0 Å². The Balaban J connectivity index is 1.64. The number of carbonyl (C=O) groups excluding carboxylic acids is 1. The van der Waals surface area contributed by atoms with Crippen LogP contribution in [0, 0.1) is 0 Å².